The molecule has 2 radical (unpaired) electrons. The van der Waals surface area contributed by atoms with Crippen LogP contribution in [0.3, 0.4) is 0 Å². The average molecular weight is 208 g/mol. The van der Waals surface area contributed by atoms with Crippen LogP contribution in [-0.2, 0) is 0 Å². The lowest BCUT2D eigenvalue weighted by molar-refractivity contribution is 0.387. The third-order valence-corrected chi connectivity index (χ3v) is 3.60. The quantitative estimate of drug-likeness (QED) is 0.473. The van der Waals surface area contributed by atoms with Crippen LogP contribution in [0.1, 0.15) is 77.0 Å². The third kappa shape index (κ3) is 6.98. The monoisotopic (exact) mass is 208 g/mol. The lowest BCUT2D eigenvalue weighted by atomic mass is 9.85. The summed E-state index contributed by atoms with van der Waals surface area (Å²) in [5.41, 5.74) is 0. The van der Waals surface area contributed by atoms with Crippen molar-refractivity contribution in [2.75, 3.05) is 0 Å². The Morgan fingerprint density at radius 2 is 1.53 bits per heavy atom. The Hall–Kier alpha value is 0. The minimum Gasteiger partial charge on any atom is -0.0533 e. The fourth-order valence-corrected chi connectivity index (χ4v) is 2.57. The summed E-state index contributed by atoms with van der Waals surface area (Å²) < 4.78 is 0. The van der Waals surface area contributed by atoms with Gasteiger partial charge in [0.15, 0.2) is 0 Å². The Bertz CT molecular complexity index is 122. The lowest BCUT2D eigenvalue weighted by Gasteiger charge is -2.20. The van der Waals surface area contributed by atoms with E-state index in [9.17, 15) is 0 Å². The van der Waals surface area contributed by atoms with E-state index >= 15 is 0 Å². The first-order chi connectivity index (χ1) is 7.43. The summed E-state index contributed by atoms with van der Waals surface area (Å²) in [6.07, 6.45) is 19.5. The van der Waals surface area contributed by atoms with Gasteiger partial charge in [-0.15, -0.1) is 0 Å². The SMILES string of the molecule is [CH2]CCCCCCC[CH]C1CCCCC1. The summed E-state index contributed by atoms with van der Waals surface area (Å²) in [6.45, 7) is 3.87. The van der Waals surface area contributed by atoms with E-state index in [1.165, 1.54) is 70.6 Å². The van der Waals surface area contributed by atoms with Gasteiger partial charge in [0.1, 0.15) is 0 Å². The first kappa shape index (κ1) is 13.1. The van der Waals surface area contributed by atoms with Crippen LogP contribution in [0.4, 0.5) is 0 Å². The molecular weight excluding hydrogens is 180 g/mol. The van der Waals surface area contributed by atoms with Gasteiger partial charge in [-0.1, -0.05) is 77.6 Å². The van der Waals surface area contributed by atoms with Gasteiger partial charge in [0.25, 0.3) is 0 Å². The maximum Gasteiger partial charge on any atom is -0.0355 e. The van der Waals surface area contributed by atoms with E-state index in [0.29, 0.717) is 0 Å². The van der Waals surface area contributed by atoms with E-state index in [2.05, 4.69) is 13.3 Å². The van der Waals surface area contributed by atoms with Gasteiger partial charge in [-0.05, 0) is 18.8 Å². The van der Waals surface area contributed by atoms with Gasteiger partial charge < -0.3 is 0 Å². The molecule has 0 unspecified atom stereocenters. The molecular formula is C15H28. The maximum absolute atomic E-state index is 3.87. The van der Waals surface area contributed by atoms with Gasteiger partial charge in [0.2, 0.25) is 0 Å². The highest BCUT2D eigenvalue weighted by Gasteiger charge is 2.12. The van der Waals surface area contributed by atoms with Crippen LogP contribution >= 0.6 is 0 Å². The topological polar surface area (TPSA) is 0 Å². The highest BCUT2D eigenvalue weighted by Crippen LogP contribution is 2.27. The molecule has 1 fully saturated rings. The Balaban J connectivity index is 1.79. The summed E-state index contributed by atoms with van der Waals surface area (Å²) in [4.78, 5) is 0. The van der Waals surface area contributed by atoms with Crippen LogP contribution in [0, 0.1) is 19.3 Å². The van der Waals surface area contributed by atoms with Crippen molar-refractivity contribution in [3.63, 3.8) is 0 Å². The van der Waals surface area contributed by atoms with Crippen molar-refractivity contribution in [2.45, 2.75) is 77.0 Å². The molecule has 88 valence electrons. The van der Waals surface area contributed by atoms with Gasteiger partial charge in [0.05, 0.1) is 0 Å². The second-order valence-electron chi connectivity index (χ2n) is 5.04. The summed E-state index contributed by atoms with van der Waals surface area (Å²) >= 11 is 0. The molecule has 0 aliphatic heterocycles. The molecule has 1 aliphatic rings. The van der Waals surface area contributed by atoms with Crippen molar-refractivity contribution >= 4 is 0 Å². The van der Waals surface area contributed by atoms with Gasteiger partial charge in [-0.3, -0.25) is 0 Å². The molecule has 0 heterocycles. The van der Waals surface area contributed by atoms with Crippen molar-refractivity contribution in [2.24, 2.45) is 5.92 Å². The third-order valence-electron chi connectivity index (χ3n) is 3.60. The van der Waals surface area contributed by atoms with Gasteiger partial charge in [0, 0.05) is 0 Å². The van der Waals surface area contributed by atoms with Gasteiger partial charge >= 0.3 is 0 Å². The Morgan fingerprint density at radius 3 is 2.27 bits per heavy atom. The van der Waals surface area contributed by atoms with E-state index in [1.54, 1.807) is 0 Å². The standard InChI is InChI=1S/C15H28/c1-2-3-4-5-6-7-9-12-15-13-10-8-11-14-15/h12,15H,1-11,13-14H2. The molecule has 0 amide bonds. The van der Waals surface area contributed by atoms with Crippen molar-refractivity contribution in [3.8, 4) is 0 Å². The molecule has 0 bridgehead atoms. The van der Waals surface area contributed by atoms with Crippen LogP contribution in [0.15, 0.2) is 0 Å². The predicted molar refractivity (Wildman–Crippen MR) is 68.6 cm³/mol. The first-order valence-corrected chi connectivity index (χ1v) is 7.06. The van der Waals surface area contributed by atoms with Crippen molar-refractivity contribution in [3.05, 3.63) is 13.3 Å². The Morgan fingerprint density at radius 1 is 0.867 bits per heavy atom. The summed E-state index contributed by atoms with van der Waals surface area (Å²) in [5.74, 6) is 0.971. The molecule has 0 heteroatoms. The molecule has 0 aromatic carbocycles. The normalized spacial score (nSPS) is 18.2. The van der Waals surface area contributed by atoms with Crippen LogP contribution in [0.5, 0.6) is 0 Å². The molecule has 0 aromatic heterocycles. The maximum atomic E-state index is 3.87. The van der Waals surface area contributed by atoms with Crippen molar-refractivity contribution < 1.29 is 0 Å². The van der Waals surface area contributed by atoms with E-state index in [4.69, 9.17) is 0 Å². The molecule has 0 atom stereocenters. The summed E-state index contributed by atoms with van der Waals surface area (Å²) in [7, 11) is 0. The fourth-order valence-electron chi connectivity index (χ4n) is 2.57. The van der Waals surface area contributed by atoms with Crippen LogP contribution < -0.4 is 0 Å². The second kappa shape index (κ2) is 9.24. The van der Waals surface area contributed by atoms with Crippen LogP contribution in [-0.4, -0.2) is 0 Å². The average Bonchev–Trinajstić information content (AvgIpc) is 2.29. The van der Waals surface area contributed by atoms with E-state index in [-0.39, 0.29) is 0 Å². The zero-order chi connectivity index (χ0) is 10.8. The Kier molecular flexibility index (Phi) is 8.05. The highest BCUT2D eigenvalue weighted by molar-refractivity contribution is 4.78. The zero-order valence-corrected chi connectivity index (χ0v) is 10.3. The van der Waals surface area contributed by atoms with Crippen molar-refractivity contribution in [1.29, 1.82) is 0 Å². The van der Waals surface area contributed by atoms with Crippen LogP contribution in [0.2, 0.25) is 0 Å². The number of rotatable bonds is 8. The zero-order valence-electron chi connectivity index (χ0n) is 10.3. The molecule has 1 aliphatic carbocycles. The van der Waals surface area contributed by atoms with Crippen molar-refractivity contribution in [1.82, 2.24) is 0 Å². The molecule has 0 N–H and O–H groups in total. The molecule has 0 spiro atoms. The molecule has 1 saturated carbocycles. The first-order valence-electron chi connectivity index (χ1n) is 7.06. The smallest absolute Gasteiger partial charge is 0.0355 e. The summed E-state index contributed by atoms with van der Waals surface area (Å²) in [6, 6.07) is 0. The van der Waals surface area contributed by atoms with Gasteiger partial charge in [-0.25, -0.2) is 0 Å². The molecule has 0 saturated heterocycles. The molecule has 15 heavy (non-hydrogen) atoms. The molecule has 0 nitrogen and oxygen atoms in total. The van der Waals surface area contributed by atoms with E-state index in [1.807, 2.05) is 0 Å². The summed E-state index contributed by atoms with van der Waals surface area (Å²) in [5, 5.41) is 0. The molecule has 1 rings (SSSR count). The Labute approximate surface area is 96.8 Å². The fraction of sp³-hybridized carbons (Fsp3) is 0.867. The van der Waals surface area contributed by atoms with E-state index in [0.717, 1.165) is 12.3 Å². The number of unbranched alkanes of at least 4 members (excludes halogenated alkanes) is 6. The largest absolute Gasteiger partial charge is 0.0533 e. The van der Waals surface area contributed by atoms with Gasteiger partial charge in [-0.2, -0.15) is 0 Å². The minimum absolute atomic E-state index is 0.971. The number of hydrogen-bond acceptors (Lipinski definition) is 0. The lowest BCUT2D eigenvalue weighted by Crippen LogP contribution is -2.06. The van der Waals surface area contributed by atoms with E-state index < -0.39 is 0 Å². The number of hydrogen-bond donors (Lipinski definition) is 0. The van der Waals surface area contributed by atoms with Crippen LogP contribution in [0.25, 0.3) is 0 Å². The molecule has 0 aromatic rings. The second-order valence-corrected chi connectivity index (χ2v) is 5.04. The highest BCUT2D eigenvalue weighted by atomic mass is 14.2. The predicted octanol–water partition coefficient (Wildman–Crippen LogP) is 5.34. The minimum atomic E-state index is 0.971.